The minimum Gasteiger partial charge on any atom is -0.368 e. The molecule has 1 aromatic carbocycles. The van der Waals surface area contributed by atoms with Gasteiger partial charge in [-0.3, -0.25) is 24.4 Å². The van der Waals surface area contributed by atoms with Crippen molar-refractivity contribution in [1.82, 2.24) is 20.3 Å². The third-order valence-electron chi connectivity index (χ3n) is 4.54. The number of carbonyl (C=O) groups is 1. The fraction of sp³-hybridized carbons (Fsp3) is 0.400. The number of hydrogen-bond acceptors (Lipinski definition) is 6. The van der Waals surface area contributed by atoms with Gasteiger partial charge < -0.3 is 16.4 Å². The number of anilines is 1. The number of hydrogen-bond donors (Lipinski definition) is 5. The van der Waals surface area contributed by atoms with Crippen molar-refractivity contribution in [3.05, 3.63) is 58.1 Å². The lowest BCUT2D eigenvalue weighted by Gasteiger charge is -2.17. The van der Waals surface area contributed by atoms with Gasteiger partial charge in [0.15, 0.2) is 5.82 Å². The zero-order valence-corrected chi connectivity index (χ0v) is 17.3. The Morgan fingerprint density at radius 1 is 1.33 bits per heavy atom. The summed E-state index contributed by atoms with van der Waals surface area (Å²) in [7, 11) is 0. The number of amides is 1. The molecule has 162 valence electrons. The minimum absolute atomic E-state index is 0.125. The van der Waals surface area contributed by atoms with E-state index in [0.29, 0.717) is 12.2 Å². The van der Waals surface area contributed by atoms with Gasteiger partial charge in [0.25, 0.3) is 5.56 Å². The lowest BCUT2D eigenvalue weighted by molar-refractivity contribution is -0.122. The second-order valence-electron chi connectivity index (χ2n) is 6.75. The molecule has 1 aromatic heterocycles. The van der Waals surface area contributed by atoms with Gasteiger partial charge in [-0.25, -0.2) is 10.5 Å². The van der Waals surface area contributed by atoms with Crippen LogP contribution in [0.3, 0.4) is 0 Å². The Morgan fingerprint density at radius 2 is 2.07 bits per heavy atom. The van der Waals surface area contributed by atoms with Gasteiger partial charge in [-0.05, 0) is 18.9 Å². The standard InChI is InChI=1S/C20H29N7O3/c1-3-15(16-7-5-4-6-8-16)12-25-18-19(29)27(14(2)11-24-18)13-17(28)23-9-10-30-26-20(21)22/h4-8,11,15H,3,9-10,12-13H2,1-2H3,(H,23,28)(H,24,25)(H4,21,22,26). The van der Waals surface area contributed by atoms with E-state index in [1.165, 1.54) is 10.1 Å². The molecule has 1 unspecified atom stereocenters. The first-order valence-electron chi connectivity index (χ1n) is 9.76. The van der Waals surface area contributed by atoms with Crippen LogP contribution in [0.2, 0.25) is 0 Å². The molecule has 10 nitrogen and oxygen atoms in total. The zero-order valence-electron chi connectivity index (χ0n) is 17.3. The van der Waals surface area contributed by atoms with Gasteiger partial charge in [-0.2, -0.15) is 0 Å². The normalized spacial score (nSPS) is 11.5. The Balaban J connectivity index is 1.96. The molecule has 2 rings (SSSR count). The zero-order chi connectivity index (χ0) is 21.9. The summed E-state index contributed by atoms with van der Waals surface area (Å²) in [6.45, 7) is 4.60. The molecule has 0 radical (unpaired) electrons. The van der Waals surface area contributed by atoms with E-state index in [0.717, 1.165) is 6.42 Å². The van der Waals surface area contributed by atoms with E-state index in [4.69, 9.17) is 16.0 Å². The van der Waals surface area contributed by atoms with Crippen LogP contribution in [0.4, 0.5) is 5.82 Å². The maximum atomic E-state index is 12.8. The number of hydroxylamine groups is 1. The molecule has 6 N–H and O–H groups in total. The highest BCUT2D eigenvalue weighted by molar-refractivity contribution is 5.75. The molecular weight excluding hydrogens is 386 g/mol. The fourth-order valence-electron chi connectivity index (χ4n) is 2.90. The Labute approximate surface area is 175 Å². The maximum Gasteiger partial charge on any atom is 0.293 e. The Morgan fingerprint density at radius 3 is 2.73 bits per heavy atom. The Hall–Kier alpha value is -3.40. The van der Waals surface area contributed by atoms with Crippen molar-refractivity contribution in [2.75, 3.05) is 25.0 Å². The van der Waals surface area contributed by atoms with Gasteiger partial charge in [-0.1, -0.05) is 37.3 Å². The number of guanidine groups is 1. The van der Waals surface area contributed by atoms with Crippen LogP contribution in [0.1, 0.15) is 30.5 Å². The van der Waals surface area contributed by atoms with Crippen LogP contribution < -0.4 is 27.4 Å². The van der Waals surface area contributed by atoms with Gasteiger partial charge in [0.05, 0.1) is 6.61 Å². The van der Waals surface area contributed by atoms with E-state index in [9.17, 15) is 9.59 Å². The summed E-state index contributed by atoms with van der Waals surface area (Å²) >= 11 is 0. The van der Waals surface area contributed by atoms with Crippen LogP contribution in [0.15, 0.2) is 41.3 Å². The van der Waals surface area contributed by atoms with E-state index >= 15 is 0 Å². The van der Waals surface area contributed by atoms with Gasteiger partial charge in [0.2, 0.25) is 11.9 Å². The van der Waals surface area contributed by atoms with Crippen molar-refractivity contribution < 1.29 is 9.63 Å². The second-order valence-corrected chi connectivity index (χ2v) is 6.75. The van der Waals surface area contributed by atoms with Crippen molar-refractivity contribution in [3.63, 3.8) is 0 Å². The monoisotopic (exact) mass is 415 g/mol. The number of benzene rings is 1. The highest BCUT2D eigenvalue weighted by Crippen LogP contribution is 2.19. The number of carbonyl (C=O) groups excluding carboxylic acids is 1. The second kappa shape index (κ2) is 11.6. The molecule has 0 bridgehead atoms. The first-order chi connectivity index (χ1) is 14.4. The topological polar surface area (TPSA) is 147 Å². The molecule has 0 fully saturated rings. The first-order valence-corrected chi connectivity index (χ1v) is 9.76. The predicted molar refractivity (Wildman–Crippen MR) is 115 cm³/mol. The summed E-state index contributed by atoms with van der Waals surface area (Å²) in [5, 5.41) is 12.7. The van der Waals surface area contributed by atoms with E-state index < -0.39 is 0 Å². The van der Waals surface area contributed by atoms with Crippen LogP contribution in [0, 0.1) is 12.3 Å². The molecule has 1 amide bonds. The summed E-state index contributed by atoms with van der Waals surface area (Å²) in [6.07, 6.45) is 2.49. The summed E-state index contributed by atoms with van der Waals surface area (Å²) in [4.78, 5) is 34.0. The van der Waals surface area contributed by atoms with Crippen molar-refractivity contribution in [1.29, 1.82) is 5.41 Å². The van der Waals surface area contributed by atoms with E-state index in [1.54, 1.807) is 13.1 Å². The number of aromatic nitrogens is 2. The number of rotatable bonds is 11. The van der Waals surface area contributed by atoms with Crippen molar-refractivity contribution >= 4 is 17.7 Å². The van der Waals surface area contributed by atoms with E-state index in [2.05, 4.69) is 40.2 Å². The molecule has 0 aliphatic rings. The highest BCUT2D eigenvalue weighted by atomic mass is 16.6. The molecule has 1 heterocycles. The highest BCUT2D eigenvalue weighted by Gasteiger charge is 2.14. The summed E-state index contributed by atoms with van der Waals surface area (Å²) in [5.74, 6) is -0.191. The average Bonchev–Trinajstić information content (AvgIpc) is 2.73. The largest absolute Gasteiger partial charge is 0.368 e. The van der Waals surface area contributed by atoms with Crippen LogP contribution in [0.5, 0.6) is 0 Å². The summed E-state index contributed by atoms with van der Waals surface area (Å²) in [5.41, 5.74) is 8.69. The lowest BCUT2D eigenvalue weighted by Crippen LogP contribution is -2.37. The quantitative estimate of drug-likeness (QED) is 0.157. The molecule has 0 spiro atoms. The molecular formula is C20H29N7O3. The number of nitrogens with two attached hydrogens (primary N) is 1. The van der Waals surface area contributed by atoms with E-state index in [-0.39, 0.29) is 48.9 Å². The van der Waals surface area contributed by atoms with Crippen LogP contribution in [-0.4, -0.2) is 41.1 Å². The summed E-state index contributed by atoms with van der Waals surface area (Å²) in [6, 6.07) is 10.1. The summed E-state index contributed by atoms with van der Waals surface area (Å²) < 4.78 is 1.38. The third-order valence-corrected chi connectivity index (χ3v) is 4.54. The molecule has 2 aromatic rings. The Bertz CT molecular complexity index is 899. The molecule has 10 heteroatoms. The van der Waals surface area contributed by atoms with Gasteiger partial charge in [0, 0.05) is 30.9 Å². The van der Waals surface area contributed by atoms with Crippen molar-refractivity contribution in [2.45, 2.75) is 32.7 Å². The van der Waals surface area contributed by atoms with Crippen molar-refractivity contribution in [2.24, 2.45) is 5.73 Å². The number of nitrogens with one attached hydrogen (secondary N) is 4. The van der Waals surface area contributed by atoms with Crippen LogP contribution >= 0.6 is 0 Å². The van der Waals surface area contributed by atoms with Gasteiger partial charge >= 0.3 is 0 Å². The van der Waals surface area contributed by atoms with Crippen LogP contribution in [0.25, 0.3) is 0 Å². The van der Waals surface area contributed by atoms with E-state index in [1.807, 2.05) is 18.2 Å². The minimum atomic E-state index is -0.345. The molecule has 0 saturated heterocycles. The SMILES string of the molecule is CCC(CNc1ncc(C)n(CC(=O)NCCONC(=N)N)c1=O)c1ccccc1. The number of aryl methyl sites for hydroxylation is 1. The molecule has 0 saturated carbocycles. The third kappa shape index (κ3) is 6.89. The van der Waals surface area contributed by atoms with Gasteiger partial charge in [0.1, 0.15) is 6.54 Å². The first kappa shape index (κ1) is 22.9. The molecule has 0 aliphatic carbocycles. The maximum absolute atomic E-state index is 12.8. The average molecular weight is 415 g/mol. The van der Waals surface area contributed by atoms with Crippen molar-refractivity contribution in [3.8, 4) is 0 Å². The Kier molecular flexibility index (Phi) is 8.82. The molecule has 1 atom stereocenters. The predicted octanol–water partition coefficient (Wildman–Crippen LogP) is 0.688. The van der Waals surface area contributed by atoms with Gasteiger partial charge in [-0.15, -0.1) is 0 Å². The lowest BCUT2D eigenvalue weighted by atomic mass is 9.96. The van der Waals surface area contributed by atoms with Crippen LogP contribution in [-0.2, 0) is 16.2 Å². The molecule has 0 aliphatic heterocycles. The fourth-order valence-corrected chi connectivity index (χ4v) is 2.90. The smallest absolute Gasteiger partial charge is 0.293 e. The number of nitrogens with zero attached hydrogens (tertiary/aromatic N) is 2. The molecule has 30 heavy (non-hydrogen) atoms.